The first-order valence-electron chi connectivity index (χ1n) is 8.16. The van der Waals surface area contributed by atoms with Crippen LogP contribution in [-0.2, 0) is 6.54 Å². The molecule has 0 saturated carbocycles. The van der Waals surface area contributed by atoms with Crippen LogP contribution >= 0.6 is 11.6 Å². The quantitative estimate of drug-likeness (QED) is 0.807. The van der Waals surface area contributed by atoms with Gasteiger partial charge in [0.15, 0.2) is 0 Å². The molecule has 1 atom stereocenters. The molecule has 1 heterocycles. The van der Waals surface area contributed by atoms with Gasteiger partial charge in [-0.25, -0.2) is 4.68 Å². The van der Waals surface area contributed by atoms with Crippen molar-refractivity contribution >= 4 is 17.5 Å². The van der Waals surface area contributed by atoms with Crippen LogP contribution in [-0.4, -0.2) is 33.4 Å². The number of halogens is 1. The molecule has 0 saturated heterocycles. The molecule has 2 aromatic rings. The van der Waals surface area contributed by atoms with Crippen molar-refractivity contribution < 1.29 is 9.90 Å². The van der Waals surface area contributed by atoms with Crippen LogP contribution in [0.15, 0.2) is 24.3 Å². The van der Waals surface area contributed by atoms with Gasteiger partial charge < -0.3 is 10.4 Å². The molecule has 1 amide bonds. The molecule has 0 radical (unpaired) electrons. The lowest BCUT2D eigenvalue weighted by Crippen LogP contribution is -2.35. The molecule has 5 nitrogen and oxygen atoms in total. The zero-order valence-corrected chi connectivity index (χ0v) is 15.1. The van der Waals surface area contributed by atoms with Crippen molar-refractivity contribution in [2.45, 2.75) is 46.2 Å². The Morgan fingerprint density at radius 3 is 2.58 bits per heavy atom. The Labute approximate surface area is 147 Å². The number of aliphatic hydroxyl groups is 1. The van der Waals surface area contributed by atoms with Gasteiger partial charge in [0.25, 0.3) is 5.91 Å². The van der Waals surface area contributed by atoms with Gasteiger partial charge in [-0.2, -0.15) is 5.10 Å². The molecule has 0 aliphatic carbocycles. The summed E-state index contributed by atoms with van der Waals surface area (Å²) in [6, 6.07) is 8.05. The van der Waals surface area contributed by atoms with Gasteiger partial charge in [0.05, 0.1) is 17.8 Å². The second-order valence-corrected chi connectivity index (χ2v) is 6.34. The predicted octanol–water partition coefficient (Wildman–Crippen LogP) is 3.09. The Balaban J connectivity index is 2.18. The van der Waals surface area contributed by atoms with Crippen LogP contribution in [0.1, 0.15) is 46.9 Å². The third-order valence-electron chi connectivity index (χ3n) is 4.05. The van der Waals surface area contributed by atoms with E-state index in [1.54, 1.807) is 11.6 Å². The normalized spacial score (nSPS) is 12.2. The highest BCUT2D eigenvalue weighted by Crippen LogP contribution is 2.21. The van der Waals surface area contributed by atoms with Crippen LogP contribution in [0.4, 0.5) is 0 Å². The average molecular weight is 350 g/mol. The summed E-state index contributed by atoms with van der Waals surface area (Å²) < 4.78 is 1.64. The van der Waals surface area contributed by atoms with E-state index in [-0.39, 0.29) is 18.6 Å². The standard InChI is InChI=1S/C18H24ClN3O2/c1-4-15(9-10-23)20-18(24)16-13(3)21-22(17(16)19)11-14-7-5-12(2)6-8-14/h5-8,15,23H,4,9-11H2,1-3H3,(H,20,24). The summed E-state index contributed by atoms with van der Waals surface area (Å²) in [5.41, 5.74) is 3.27. The Hall–Kier alpha value is -1.85. The van der Waals surface area contributed by atoms with E-state index in [2.05, 4.69) is 10.4 Å². The number of benzene rings is 1. The van der Waals surface area contributed by atoms with E-state index in [9.17, 15) is 4.79 Å². The second-order valence-electron chi connectivity index (χ2n) is 5.99. The highest BCUT2D eigenvalue weighted by atomic mass is 35.5. The van der Waals surface area contributed by atoms with Crippen LogP contribution in [0.5, 0.6) is 0 Å². The van der Waals surface area contributed by atoms with Crippen LogP contribution in [0.25, 0.3) is 0 Å². The van der Waals surface area contributed by atoms with Crippen molar-refractivity contribution in [3.63, 3.8) is 0 Å². The number of hydrogen-bond acceptors (Lipinski definition) is 3. The molecular weight excluding hydrogens is 326 g/mol. The number of nitrogens with one attached hydrogen (secondary N) is 1. The van der Waals surface area contributed by atoms with Crippen molar-refractivity contribution in [2.75, 3.05) is 6.61 Å². The molecule has 1 aromatic carbocycles. The van der Waals surface area contributed by atoms with E-state index < -0.39 is 0 Å². The number of carbonyl (C=O) groups is 1. The fraction of sp³-hybridized carbons (Fsp3) is 0.444. The number of aromatic nitrogens is 2. The first kappa shape index (κ1) is 18.5. The van der Waals surface area contributed by atoms with Gasteiger partial charge in [-0.15, -0.1) is 0 Å². The van der Waals surface area contributed by atoms with E-state index in [0.29, 0.717) is 29.4 Å². The van der Waals surface area contributed by atoms with E-state index in [1.807, 2.05) is 38.1 Å². The fourth-order valence-electron chi connectivity index (χ4n) is 2.57. The molecule has 2 N–H and O–H groups in total. The van der Waals surface area contributed by atoms with E-state index in [4.69, 9.17) is 16.7 Å². The summed E-state index contributed by atoms with van der Waals surface area (Å²) in [4.78, 5) is 12.5. The molecule has 130 valence electrons. The molecule has 0 bridgehead atoms. The summed E-state index contributed by atoms with van der Waals surface area (Å²) in [6.45, 7) is 6.34. The minimum atomic E-state index is -0.243. The zero-order chi connectivity index (χ0) is 17.7. The lowest BCUT2D eigenvalue weighted by atomic mass is 10.1. The minimum absolute atomic E-state index is 0.0399. The van der Waals surface area contributed by atoms with Crippen LogP contribution < -0.4 is 5.32 Å². The molecule has 0 spiro atoms. The van der Waals surface area contributed by atoms with E-state index >= 15 is 0 Å². The van der Waals surface area contributed by atoms with Crippen molar-refractivity contribution in [3.05, 3.63) is 51.8 Å². The number of aliphatic hydroxyl groups excluding tert-OH is 1. The highest BCUT2D eigenvalue weighted by molar-refractivity contribution is 6.33. The molecule has 2 rings (SSSR count). The molecule has 0 aliphatic rings. The summed E-state index contributed by atoms with van der Waals surface area (Å²) in [7, 11) is 0. The zero-order valence-electron chi connectivity index (χ0n) is 14.3. The molecule has 24 heavy (non-hydrogen) atoms. The Bertz CT molecular complexity index is 695. The van der Waals surface area contributed by atoms with Gasteiger partial charge in [0.1, 0.15) is 5.15 Å². The first-order valence-corrected chi connectivity index (χ1v) is 8.54. The Morgan fingerprint density at radius 2 is 2.00 bits per heavy atom. The monoisotopic (exact) mass is 349 g/mol. The summed E-state index contributed by atoms with van der Waals surface area (Å²) in [6.07, 6.45) is 1.27. The van der Waals surface area contributed by atoms with Gasteiger partial charge in [-0.3, -0.25) is 4.79 Å². The predicted molar refractivity (Wildman–Crippen MR) is 95.5 cm³/mol. The van der Waals surface area contributed by atoms with Crippen molar-refractivity contribution in [3.8, 4) is 0 Å². The summed E-state index contributed by atoms with van der Waals surface area (Å²) >= 11 is 6.40. The lowest BCUT2D eigenvalue weighted by molar-refractivity contribution is 0.0928. The second kappa shape index (κ2) is 8.31. The average Bonchev–Trinajstić information content (AvgIpc) is 2.83. The maximum absolute atomic E-state index is 12.5. The molecule has 6 heteroatoms. The lowest BCUT2D eigenvalue weighted by Gasteiger charge is -2.15. The summed E-state index contributed by atoms with van der Waals surface area (Å²) in [5, 5.41) is 16.7. The maximum atomic E-state index is 12.5. The van der Waals surface area contributed by atoms with Gasteiger partial charge in [-0.05, 0) is 32.3 Å². The first-order chi connectivity index (χ1) is 11.5. The SMILES string of the molecule is CCC(CCO)NC(=O)c1c(C)nn(Cc2ccc(C)cc2)c1Cl. The number of hydrogen-bond donors (Lipinski definition) is 2. The van der Waals surface area contributed by atoms with Crippen LogP contribution in [0.3, 0.4) is 0 Å². The fourth-order valence-corrected chi connectivity index (χ4v) is 2.89. The third kappa shape index (κ3) is 4.36. The van der Waals surface area contributed by atoms with Crippen molar-refractivity contribution in [1.82, 2.24) is 15.1 Å². The summed E-state index contributed by atoms with van der Waals surface area (Å²) in [5.74, 6) is -0.243. The van der Waals surface area contributed by atoms with Crippen molar-refractivity contribution in [1.29, 1.82) is 0 Å². The molecule has 1 aromatic heterocycles. The number of rotatable bonds is 7. The highest BCUT2D eigenvalue weighted by Gasteiger charge is 2.22. The molecule has 1 unspecified atom stereocenters. The van der Waals surface area contributed by atoms with Gasteiger partial charge in [0.2, 0.25) is 0 Å². The van der Waals surface area contributed by atoms with Gasteiger partial charge in [-0.1, -0.05) is 48.4 Å². The smallest absolute Gasteiger partial charge is 0.256 e. The number of carbonyl (C=O) groups excluding carboxylic acids is 1. The largest absolute Gasteiger partial charge is 0.396 e. The number of amides is 1. The van der Waals surface area contributed by atoms with E-state index in [0.717, 1.165) is 12.0 Å². The Morgan fingerprint density at radius 1 is 1.33 bits per heavy atom. The molecule has 0 fully saturated rings. The molecule has 0 aliphatic heterocycles. The minimum Gasteiger partial charge on any atom is -0.396 e. The maximum Gasteiger partial charge on any atom is 0.256 e. The van der Waals surface area contributed by atoms with Crippen molar-refractivity contribution in [2.24, 2.45) is 0 Å². The van der Waals surface area contributed by atoms with E-state index in [1.165, 1.54) is 5.56 Å². The number of nitrogens with zero attached hydrogens (tertiary/aromatic N) is 2. The van der Waals surface area contributed by atoms with Gasteiger partial charge >= 0.3 is 0 Å². The van der Waals surface area contributed by atoms with Crippen LogP contribution in [0.2, 0.25) is 5.15 Å². The molecular formula is C18H24ClN3O2. The van der Waals surface area contributed by atoms with Crippen LogP contribution in [0, 0.1) is 13.8 Å². The van der Waals surface area contributed by atoms with Gasteiger partial charge in [0, 0.05) is 12.6 Å². The topological polar surface area (TPSA) is 67.2 Å². The number of aryl methyl sites for hydroxylation is 2. The third-order valence-corrected chi connectivity index (χ3v) is 4.44. The Kier molecular flexibility index (Phi) is 6.40.